The van der Waals surface area contributed by atoms with Gasteiger partial charge in [0.1, 0.15) is 3.82 Å². The second-order valence-electron chi connectivity index (χ2n) is 2.84. The van der Waals surface area contributed by atoms with Crippen molar-refractivity contribution in [2.45, 2.75) is 0 Å². The predicted octanol–water partition coefficient (Wildman–Crippen LogP) is 4.35. The van der Waals surface area contributed by atoms with Gasteiger partial charge in [-0.3, -0.25) is 0 Å². The lowest BCUT2D eigenvalue weighted by molar-refractivity contribution is 0.386. The van der Waals surface area contributed by atoms with Crippen molar-refractivity contribution in [1.29, 1.82) is 0 Å². The molecular weight excluding hydrogens is 251 g/mol. The first-order valence-corrected chi connectivity index (χ1v) is 6.70. The van der Waals surface area contributed by atoms with Crippen LogP contribution < -0.4 is 4.74 Å². The Balaban J connectivity index is 2.46. The summed E-state index contributed by atoms with van der Waals surface area (Å²) in [6, 6.07) is 6.80. The summed E-state index contributed by atoms with van der Waals surface area (Å²) in [6.07, 6.45) is 0. The van der Waals surface area contributed by atoms with Crippen molar-refractivity contribution in [3.63, 3.8) is 0 Å². The van der Waals surface area contributed by atoms with Gasteiger partial charge in [-0.2, -0.15) is 0 Å². The molecule has 15 heavy (non-hydrogen) atoms. The van der Waals surface area contributed by atoms with Crippen LogP contribution in [0.2, 0.25) is 0 Å². The van der Waals surface area contributed by atoms with E-state index in [1.807, 2.05) is 12.1 Å². The van der Waals surface area contributed by atoms with Crippen molar-refractivity contribution in [1.82, 2.24) is 0 Å². The maximum absolute atomic E-state index is 13.4. The first-order valence-electron chi connectivity index (χ1n) is 4.15. The van der Waals surface area contributed by atoms with E-state index in [2.05, 4.69) is 0 Å². The lowest BCUT2D eigenvalue weighted by Crippen LogP contribution is -1.87. The van der Waals surface area contributed by atoms with Crippen LogP contribution in [0.1, 0.15) is 0 Å². The Morgan fingerprint density at radius 3 is 2.60 bits per heavy atom. The van der Waals surface area contributed by atoms with E-state index in [4.69, 9.17) is 17.0 Å². The standard InChI is InChI=1S/C10H7FOS3/c1-12-8-3-2-6(4-7(8)11)9-5-10(13)15-14-9/h2-5H,1H3. The summed E-state index contributed by atoms with van der Waals surface area (Å²) in [5.41, 5.74) is 0.839. The molecule has 1 heterocycles. The van der Waals surface area contributed by atoms with E-state index in [1.54, 1.807) is 16.4 Å². The number of hydrogen-bond donors (Lipinski definition) is 0. The van der Waals surface area contributed by atoms with E-state index < -0.39 is 0 Å². The van der Waals surface area contributed by atoms with Gasteiger partial charge in [0.15, 0.2) is 11.6 Å². The van der Waals surface area contributed by atoms with Gasteiger partial charge < -0.3 is 4.74 Å². The molecule has 0 N–H and O–H groups in total. The van der Waals surface area contributed by atoms with E-state index >= 15 is 0 Å². The molecule has 0 aliphatic rings. The van der Waals surface area contributed by atoms with Gasteiger partial charge in [-0.1, -0.05) is 32.9 Å². The summed E-state index contributed by atoms with van der Waals surface area (Å²) in [6.45, 7) is 0. The smallest absolute Gasteiger partial charge is 0.165 e. The Hall–Kier alpha value is -0.780. The van der Waals surface area contributed by atoms with E-state index in [0.717, 1.165) is 14.3 Å². The zero-order valence-electron chi connectivity index (χ0n) is 7.82. The maximum Gasteiger partial charge on any atom is 0.165 e. The molecule has 78 valence electrons. The van der Waals surface area contributed by atoms with Crippen LogP contribution in [-0.4, -0.2) is 7.11 Å². The Kier molecular flexibility index (Phi) is 3.14. The third kappa shape index (κ3) is 2.25. The molecule has 0 aliphatic carbocycles. The van der Waals surface area contributed by atoms with Crippen LogP contribution in [0.15, 0.2) is 24.3 Å². The van der Waals surface area contributed by atoms with Gasteiger partial charge in [0, 0.05) is 4.88 Å². The SMILES string of the molecule is COc1ccc(-c2cc(=S)ss2)cc1F. The number of ether oxygens (including phenoxy) is 1. The molecule has 0 spiro atoms. The first kappa shape index (κ1) is 10.7. The van der Waals surface area contributed by atoms with Gasteiger partial charge in [-0.05, 0) is 29.8 Å². The Morgan fingerprint density at radius 2 is 2.07 bits per heavy atom. The lowest BCUT2D eigenvalue weighted by atomic mass is 10.2. The average Bonchev–Trinajstić information content (AvgIpc) is 2.65. The molecule has 0 fully saturated rings. The number of hydrogen-bond acceptors (Lipinski definition) is 4. The van der Waals surface area contributed by atoms with Crippen LogP contribution in [0.5, 0.6) is 5.75 Å². The minimum Gasteiger partial charge on any atom is -0.494 e. The molecule has 0 radical (unpaired) electrons. The third-order valence-electron chi connectivity index (χ3n) is 1.90. The van der Waals surface area contributed by atoms with Crippen LogP contribution in [0, 0.1) is 9.64 Å². The van der Waals surface area contributed by atoms with Crippen molar-refractivity contribution in [2.24, 2.45) is 0 Å². The monoisotopic (exact) mass is 258 g/mol. The van der Waals surface area contributed by atoms with E-state index in [9.17, 15) is 4.39 Å². The summed E-state index contributed by atoms with van der Waals surface area (Å²) >= 11 is 5.02. The minimum atomic E-state index is -0.348. The largest absolute Gasteiger partial charge is 0.494 e. The number of methoxy groups -OCH3 is 1. The molecule has 2 rings (SSSR count). The fourth-order valence-corrected chi connectivity index (χ4v) is 3.59. The number of benzene rings is 1. The molecule has 0 saturated carbocycles. The maximum atomic E-state index is 13.4. The quantitative estimate of drug-likeness (QED) is 0.585. The van der Waals surface area contributed by atoms with Crippen molar-refractivity contribution < 1.29 is 9.13 Å². The highest BCUT2D eigenvalue weighted by atomic mass is 32.9. The van der Waals surface area contributed by atoms with Crippen LogP contribution in [0.4, 0.5) is 4.39 Å². The minimum absolute atomic E-state index is 0.262. The molecule has 0 aliphatic heterocycles. The van der Waals surface area contributed by atoms with Gasteiger partial charge in [0.2, 0.25) is 0 Å². The molecule has 0 bridgehead atoms. The average molecular weight is 258 g/mol. The molecular formula is C10H7FOS3. The molecule has 0 unspecified atom stereocenters. The predicted molar refractivity (Wildman–Crippen MR) is 65.0 cm³/mol. The van der Waals surface area contributed by atoms with Gasteiger partial charge in [0.25, 0.3) is 0 Å². The van der Waals surface area contributed by atoms with Crippen molar-refractivity contribution in [3.8, 4) is 16.2 Å². The molecule has 1 nitrogen and oxygen atoms in total. The van der Waals surface area contributed by atoms with Crippen LogP contribution >= 0.6 is 32.9 Å². The zero-order valence-corrected chi connectivity index (χ0v) is 10.3. The van der Waals surface area contributed by atoms with Gasteiger partial charge >= 0.3 is 0 Å². The van der Waals surface area contributed by atoms with Gasteiger partial charge in [0.05, 0.1) is 7.11 Å². The highest BCUT2D eigenvalue weighted by Gasteiger charge is 2.06. The fourth-order valence-electron chi connectivity index (χ4n) is 1.19. The summed E-state index contributed by atoms with van der Waals surface area (Å²) in [5.74, 6) is -0.0862. The Labute approximate surface area is 99.2 Å². The molecule has 1 aromatic carbocycles. The molecule has 0 amide bonds. The van der Waals surface area contributed by atoms with E-state index in [0.29, 0.717) is 0 Å². The second kappa shape index (κ2) is 4.38. The highest BCUT2D eigenvalue weighted by molar-refractivity contribution is 7.80. The second-order valence-corrected chi connectivity index (χ2v) is 5.75. The summed E-state index contributed by atoms with van der Waals surface area (Å²) in [4.78, 5) is 0.992. The summed E-state index contributed by atoms with van der Waals surface area (Å²) in [5, 5.41) is 0. The number of halogens is 1. The van der Waals surface area contributed by atoms with Crippen molar-refractivity contribution >= 4 is 32.9 Å². The first-order chi connectivity index (χ1) is 7.20. The van der Waals surface area contributed by atoms with Crippen LogP contribution in [-0.2, 0) is 0 Å². The van der Waals surface area contributed by atoms with Crippen molar-refractivity contribution in [3.05, 3.63) is 33.9 Å². The molecule has 1 aromatic heterocycles. The zero-order chi connectivity index (χ0) is 10.8. The Bertz CT molecular complexity index is 529. The van der Waals surface area contributed by atoms with Crippen molar-refractivity contribution in [2.75, 3.05) is 7.11 Å². The summed E-state index contributed by atoms with van der Waals surface area (Å²) < 4.78 is 19.1. The fraction of sp³-hybridized carbons (Fsp3) is 0.100. The van der Waals surface area contributed by atoms with E-state index in [-0.39, 0.29) is 11.6 Å². The molecule has 0 saturated heterocycles. The lowest BCUT2D eigenvalue weighted by Gasteiger charge is -2.02. The molecule has 0 atom stereocenters. The topological polar surface area (TPSA) is 9.23 Å². The molecule has 5 heteroatoms. The summed E-state index contributed by atoms with van der Waals surface area (Å²) in [7, 11) is 4.52. The van der Waals surface area contributed by atoms with Gasteiger partial charge in [-0.15, -0.1) is 0 Å². The normalized spacial score (nSPS) is 10.3. The number of rotatable bonds is 2. The Morgan fingerprint density at radius 1 is 1.27 bits per heavy atom. The van der Waals surface area contributed by atoms with Crippen LogP contribution in [0.25, 0.3) is 10.4 Å². The third-order valence-corrected chi connectivity index (χ3v) is 4.81. The van der Waals surface area contributed by atoms with Gasteiger partial charge in [-0.25, -0.2) is 4.39 Å². The van der Waals surface area contributed by atoms with Crippen LogP contribution in [0.3, 0.4) is 0 Å². The molecule has 2 aromatic rings. The highest BCUT2D eigenvalue weighted by Crippen LogP contribution is 2.31. The van der Waals surface area contributed by atoms with E-state index in [1.165, 1.54) is 23.5 Å².